The summed E-state index contributed by atoms with van der Waals surface area (Å²) >= 11 is 0. The van der Waals surface area contributed by atoms with Crippen LogP contribution in [0.4, 0.5) is 5.69 Å². The molecule has 0 heterocycles. The van der Waals surface area contributed by atoms with Crippen LogP contribution in [0.15, 0.2) is 36.4 Å². The van der Waals surface area contributed by atoms with Crippen LogP contribution in [-0.2, 0) is 9.59 Å². The highest BCUT2D eigenvalue weighted by atomic mass is 16.5. The number of carbonyl (C=O) groups is 4. The van der Waals surface area contributed by atoms with Gasteiger partial charge in [0.25, 0.3) is 0 Å². The predicted octanol–water partition coefficient (Wildman–Crippen LogP) is 2.35. The maximum absolute atomic E-state index is 12.8. The summed E-state index contributed by atoms with van der Waals surface area (Å²) in [6.07, 6.45) is 0. The zero-order chi connectivity index (χ0) is 17.4. The van der Waals surface area contributed by atoms with Crippen LogP contribution in [0.5, 0.6) is 5.75 Å². The maximum atomic E-state index is 12.8. The second kappa shape index (κ2) is 5.73. The van der Waals surface area contributed by atoms with Crippen LogP contribution in [-0.4, -0.2) is 23.4 Å². The van der Waals surface area contributed by atoms with Crippen LogP contribution >= 0.6 is 0 Å². The molecule has 24 heavy (non-hydrogen) atoms. The molecule has 0 bridgehead atoms. The third-order valence-corrected chi connectivity index (χ3v) is 3.60. The average Bonchev–Trinajstić information content (AvgIpc) is 2.53. The molecular formula is C18H13NO5. The Bertz CT molecular complexity index is 914. The van der Waals surface area contributed by atoms with Crippen LogP contribution in [0.3, 0.4) is 0 Å². The van der Waals surface area contributed by atoms with Gasteiger partial charge in [-0.1, -0.05) is 24.3 Å². The Kier molecular flexibility index (Phi) is 3.73. The number of rotatable bonds is 2. The molecule has 0 radical (unpaired) electrons. The van der Waals surface area contributed by atoms with Crippen LogP contribution in [0.25, 0.3) is 0 Å². The van der Waals surface area contributed by atoms with Gasteiger partial charge in [-0.2, -0.15) is 0 Å². The van der Waals surface area contributed by atoms with Gasteiger partial charge in [-0.25, -0.2) is 0 Å². The number of nitrogens with one attached hydrogen (secondary N) is 1. The normalized spacial score (nSPS) is 12.2. The van der Waals surface area contributed by atoms with Crippen LogP contribution in [0.2, 0.25) is 0 Å². The highest BCUT2D eigenvalue weighted by Gasteiger charge is 2.34. The summed E-state index contributed by atoms with van der Waals surface area (Å²) in [7, 11) is 0. The average molecular weight is 323 g/mol. The lowest BCUT2D eigenvalue weighted by atomic mass is 9.83. The second-order valence-corrected chi connectivity index (χ2v) is 5.34. The number of hydrogen-bond acceptors (Lipinski definition) is 5. The molecule has 3 rings (SSSR count). The summed E-state index contributed by atoms with van der Waals surface area (Å²) in [6.45, 7) is 2.47. The third-order valence-electron chi connectivity index (χ3n) is 3.60. The van der Waals surface area contributed by atoms with E-state index in [0.29, 0.717) is 5.56 Å². The van der Waals surface area contributed by atoms with Crippen molar-refractivity contribution in [3.05, 3.63) is 58.7 Å². The quantitative estimate of drug-likeness (QED) is 0.577. The molecule has 0 unspecified atom stereocenters. The smallest absolute Gasteiger partial charge is 0.308 e. The molecule has 0 aliphatic heterocycles. The van der Waals surface area contributed by atoms with Gasteiger partial charge in [0, 0.05) is 30.5 Å². The number of esters is 1. The van der Waals surface area contributed by atoms with Crippen molar-refractivity contribution in [1.29, 1.82) is 0 Å². The van der Waals surface area contributed by atoms with E-state index in [4.69, 9.17) is 4.74 Å². The molecule has 1 aliphatic rings. The number of amides is 1. The summed E-state index contributed by atoms with van der Waals surface area (Å²) in [6, 6.07) is 9.33. The number of hydrogen-bond donors (Lipinski definition) is 1. The van der Waals surface area contributed by atoms with E-state index in [9.17, 15) is 19.2 Å². The van der Waals surface area contributed by atoms with Crippen molar-refractivity contribution in [1.82, 2.24) is 0 Å². The predicted molar refractivity (Wildman–Crippen MR) is 85.4 cm³/mol. The third kappa shape index (κ3) is 2.48. The molecule has 120 valence electrons. The fourth-order valence-corrected chi connectivity index (χ4v) is 2.69. The number of carbonyl (C=O) groups excluding carboxylic acids is 4. The van der Waals surface area contributed by atoms with Crippen LogP contribution < -0.4 is 10.1 Å². The van der Waals surface area contributed by atoms with Crippen molar-refractivity contribution in [2.45, 2.75) is 13.8 Å². The van der Waals surface area contributed by atoms with Crippen molar-refractivity contribution in [3.8, 4) is 5.75 Å². The minimum atomic E-state index is -0.658. The number of benzene rings is 2. The van der Waals surface area contributed by atoms with Gasteiger partial charge >= 0.3 is 5.97 Å². The van der Waals surface area contributed by atoms with Crippen molar-refractivity contribution >= 4 is 29.1 Å². The lowest BCUT2D eigenvalue weighted by Crippen LogP contribution is -2.23. The molecule has 6 nitrogen and oxygen atoms in total. The lowest BCUT2D eigenvalue weighted by Gasteiger charge is -2.21. The van der Waals surface area contributed by atoms with Crippen molar-refractivity contribution in [2.75, 3.05) is 5.32 Å². The van der Waals surface area contributed by atoms with Crippen molar-refractivity contribution < 1.29 is 23.9 Å². The van der Waals surface area contributed by atoms with Gasteiger partial charge in [-0.3, -0.25) is 19.2 Å². The molecule has 2 aromatic rings. The monoisotopic (exact) mass is 323 g/mol. The van der Waals surface area contributed by atoms with Crippen LogP contribution in [0, 0.1) is 0 Å². The minimum Gasteiger partial charge on any atom is -0.424 e. The largest absolute Gasteiger partial charge is 0.424 e. The Morgan fingerprint density at radius 2 is 1.50 bits per heavy atom. The van der Waals surface area contributed by atoms with Gasteiger partial charge in [0.05, 0.1) is 11.3 Å². The van der Waals surface area contributed by atoms with E-state index in [1.165, 1.54) is 26.0 Å². The van der Waals surface area contributed by atoms with Gasteiger partial charge in [0.2, 0.25) is 5.91 Å². The van der Waals surface area contributed by atoms with Gasteiger partial charge in [-0.05, 0) is 12.1 Å². The van der Waals surface area contributed by atoms with Crippen LogP contribution in [0.1, 0.15) is 45.7 Å². The number of anilines is 1. The Morgan fingerprint density at radius 3 is 2.08 bits per heavy atom. The first-order valence-corrected chi connectivity index (χ1v) is 7.21. The van der Waals surface area contributed by atoms with E-state index in [1.54, 1.807) is 24.3 Å². The van der Waals surface area contributed by atoms with E-state index in [1.807, 2.05) is 0 Å². The summed E-state index contributed by atoms with van der Waals surface area (Å²) in [5.74, 6) is -1.91. The molecule has 6 heteroatoms. The molecule has 0 saturated carbocycles. The molecule has 0 atom stereocenters. The van der Waals surface area contributed by atoms with Gasteiger partial charge in [0.15, 0.2) is 17.3 Å². The summed E-state index contributed by atoms with van der Waals surface area (Å²) in [5, 5.41) is 2.51. The fourth-order valence-electron chi connectivity index (χ4n) is 2.69. The van der Waals surface area contributed by atoms with Crippen molar-refractivity contribution in [3.63, 3.8) is 0 Å². The van der Waals surface area contributed by atoms with E-state index in [0.717, 1.165) is 0 Å². The van der Waals surface area contributed by atoms with E-state index in [-0.39, 0.29) is 33.9 Å². The first-order valence-electron chi connectivity index (χ1n) is 7.21. The molecule has 1 N–H and O–H groups in total. The number of ketones is 2. The van der Waals surface area contributed by atoms with Gasteiger partial charge < -0.3 is 10.1 Å². The summed E-state index contributed by atoms with van der Waals surface area (Å²) in [5.41, 5.74) is 0.834. The molecule has 0 spiro atoms. The number of fused-ring (bicyclic) bond motifs is 2. The van der Waals surface area contributed by atoms with Gasteiger partial charge in [0.1, 0.15) is 0 Å². The molecule has 1 amide bonds. The Balaban J connectivity index is 2.27. The highest BCUT2D eigenvalue weighted by Crippen LogP contribution is 2.38. The maximum Gasteiger partial charge on any atom is 0.308 e. The zero-order valence-electron chi connectivity index (χ0n) is 13.0. The Labute approximate surface area is 137 Å². The van der Waals surface area contributed by atoms with Gasteiger partial charge in [-0.15, -0.1) is 0 Å². The Morgan fingerprint density at radius 1 is 0.875 bits per heavy atom. The molecule has 0 fully saturated rings. The molecule has 0 saturated heterocycles. The molecule has 0 aromatic heterocycles. The second-order valence-electron chi connectivity index (χ2n) is 5.34. The summed E-state index contributed by atoms with van der Waals surface area (Å²) < 4.78 is 5.15. The lowest BCUT2D eigenvalue weighted by molar-refractivity contribution is -0.131. The van der Waals surface area contributed by atoms with Crippen molar-refractivity contribution in [2.24, 2.45) is 0 Å². The topological polar surface area (TPSA) is 89.5 Å². The highest BCUT2D eigenvalue weighted by molar-refractivity contribution is 6.30. The SMILES string of the molecule is CC(=O)Nc1ccc2c(c1OC(C)=O)C(=O)c1ccccc1C2=O. The van der Waals surface area contributed by atoms with E-state index in [2.05, 4.69) is 5.32 Å². The Hall–Kier alpha value is -3.28. The number of ether oxygens (including phenoxy) is 1. The fraction of sp³-hybridized carbons (Fsp3) is 0.111. The first kappa shape index (κ1) is 15.6. The summed E-state index contributed by atoms with van der Waals surface area (Å²) in [4.78, 5) is 48.3. The molecule has 1 aliphatic carbocycles. The first-order chi connectivity index (χ1) is 11.4. The zero-order valence-corrected chi connectivity index (χ0v) is 13.0. The molecule has 2 aromatic carbocycles. The van der Waals surface area contributed by atoms with E-state index < -0.39 is 17.7 Å². The minimum absolute atomic E-state index is 0.0137. The molecular weight excluding hydrogens is 310 g/mol. The van der Waals surface area contributed by atoms with E-state index >= 15 is 0 Å². The standard InChI is InChI=1S/C18H13NO5/c1-9(20)19-14-8-7-13-15(18(14)24-10(2)21)17(23)12-6-4-3-5-11(12)16(13)22/h3-8H,1-2H3,(H,19,20).